The van der Waals surface area contributed by atoms with Gasteiger partial charge < -0.3 is 10.6 Å². The van der Waals surface area contributed by atoms with E-state index in [4.69, 9.17) is 5.73 Å². The third kappa shape index (κ3) is 3.61. The molecule has 2 heterocycles. The summed E-state index contributed by atoms with van der Waals surface area (Å²) in [5.41, 5.74) is 8.17. The number of nitrogens with zero attached hydrogens (tertiary/aromatic N) is 4. The van der Waals surface area contributed by atoms with E-state index in [-0.39, 0.29) is 11.4 Å². The molecule has 1 aliphatic rings. The monoisotopic (exact) mass is 376 g/mol. The summed E-state index contributed by atoms with van der Waals surface area (Å²) >= 11 is 0. The highest BCUT2D eigenvalue weighted by Gasteiger charge is 2.36. The molecule has 0 spiro atoms. The van der Waals surface area contributed by atoms with Crippen molar-refractivity contribution in [2.24, 2.45) is 5.73 Å². The second kappa shape index (κ2) is 7.82. The quantitative estimate of drug-likeness (QED) is 0.733. The first-order valence-electron chi connectivity index (χ1n) is 9.49. The number of piperidine rings is 1. The Labute approximate surface area is 164 Å². The predicted molar refractivity (Wildman–Crippen MR) is 108 cm³/mol. The van der Waals surface area contributed by atoms with Crippen molar-refractivity contribution in [1.29, 1.82) is 0 Å². The van der Waals surface area contributed by atoms with Crippen molar-refractivity contribution in [2.75, 3.05) is 25.0 Å². The number of urea groups is 1. The third-order valence-electron chi connectivity index (χ3n) is 5.50. The number of aromatic nitrogens is 3. The lowest BCUT2D eigenvalue weighted by atomic mass is 9.73. The SMILES string of the molecule is NCC1(c2ccccc2)CCN(C(=O)Nc2cnn(-c3ccccc3)n2)CC1. The van der Waals surface area contributed by atoms with Crippen molar-refractivity contribution in [1.82, 2.24) is 19.9 Å². The molecule has 7 nitrogen and oxygen atoms in total. The number of carbonyl (C=O) groups excluding carboxylic acids is 1. The molecule has 1 fully saturated rings. The fraction of sp³-hybridized carbons (Fsp3) is 0.286. The van der Waals surface area contributed by atoms with E-state index >= 15 is 0 Å². The molecule has 1 aliphatic heterocycles. The minimum absolute atomic E-state index is 0.0610. The van der Waals surface area contributed by atoms with Gasteiger partial charge in [-0.15, -0.1) is 9.90 Å². The number of para-hydroxylation sites is 1. The molecule has 0 bridgehead atoms. The van der Waals surface area contributed by atoms with E-state index < -0.39 is 0 Å². The van der Waals surface area contributed by atoms with Gasteiger partial charge in [-0.2, -0.15) is 5.10 Å². The molecule has 1 saturated heterocycles. The average molecular weight is 376 g/mol. The molecule has 3 N–H and O–H groups in total. The summed E-state index contributed by atoms with van der Waals surface area (Å²) in [7, 11) is 0. The van der Waals surface area contributed by atoms with Gasteiger partial charge in [0.05, 0.1) is 11.9 Å². The standard InChI is InChI=1S/C21H24N6O/c22-16-21(17-7-3-1-4-8-17)11-13-26(14-12-21)20(28)24-19-15-23-27(25-19)18-9-5-2-6-10-18/h1-10,15H,11-14,16,22H2,(H,24,25,28). The molecule has 0 aliphatic carbocycles. The molecular weight excluding hydrogens is 352 g/mol. The van der Waals surface area contributed by atoms with Crippen molar-refractivity contribution in [2.45, 2.75) is 18.3 Å². The van der Waals surface area contributed by atoms with E-state index in [9.17, 15) is 4.79 Å². The Balaban J connectivity index is 1.39. The number of benzene rings is 2. The minimum atomic E-state index is -0.154. The van der Waals surface area contributed by atoms with Gasteiger partial charge in [0.25, 0.3) is 0 Å². The van der Waals surface area contributed by atoms with Crippen LogP contribution in [0.5, 0.6) is 0 Å². The Kier molecular flexibility index (Phi) is 5.08. The molecule has 2 aromatic carbocycles. The summed E-state index contributed by atoms with van der Waals surface area (Å²) in [6.07, 6.45) is 3.25. The molecule has 4 rings (SSSR count). The summed E-state index contributed by atoms with van der Waals surface area (Å²) in [4.78, 5) is 16.0. The lowest BCUT2D eigenvalue weighted by Crippen LogP contribution is -2.49. The number of carbonyl (C=O) groups is 1. The summed E-state index contributed by atoms with van der Waals surface area (Å²) in [5.74, 6) is 0.438. The van der Waals surface area contributed by atoms with Crippen molar-refractivity contribution in [3.05, 3.63) is 72.4 Å². The second-order valence-corrected chi connectivity index (χ2v) is 7.12. The highest BCUT2D eigenvalue weighted by Crippen LogP contribution is 2.34. The largest absolute Gasteiger partial charge is 0.330 e. The molecule has 28 heavy (non-hydrogen) atoms. The molecule has 0 radical (unpaired) electrons. The summed E-state index contributed by atoms with van der Waals surface area (Å²) in [5, 5.41) is 11.4. The van der Waals surface area contributed by atoms with Crippen LogP contribution in [0.15, 0.2) is 66.9 Å². The lowest BCUT2D eigenvalue weighted by molar-refractivity contribution is 0.170. The minimum Gasteiger partial charge on any atom is -0.330 e. The van der Waals surface area contributed by atoms with Gasteiger partial charge in [0.15, 0.2) is 5.82 Å². The molecule has 144 valence electrons. The van der Waals surface area contributed by atoms with Gasteiger partial charge >= 0.3 is 6.03 Å². The van der Waals surface area contributed by atoms with Gasteiger partial charge in [0.1, 0.15) is 0 Å². The molecule has 0 atom stereocenters. The molecule has 3 aromatic rings. The molecule has 2 amide bonds. The van der Waals surface area contributed by atoms with Crippen molar-refractivity contribution >= 4 is 11.8 Å². The highest BCUT2D eigenvalue weighted by atomic mass is 16.2. The van der Waals surface area contributed by atoms with Gasteiger partial charge in [-0.05, 0) is 30.5 Å². The van der Waals surface area contributed by atoms with Crippen LogP contribution in [0.3, 0.4) is 0 Å². The van der Waals surface area contributed by atoms with Crippen LogP contribution in [-0.2, 0) is 5.41 Å². The van der Waals surface area contributed by atoms with Crippen LogP contribution >= 0.6 is 0 Å². The zero-order valence-corrected chi connectivity index (χ0v) is 15.7. The number of likely N-dealkylation sites (tertiary alicyclic amines) is 1. The number of nitrogens with one attached hydrogen (secondary N) is 1. The van der Waals surface area contributed by atoms with Crippen LogP contribution < -0.4 is 11.1 Å². The number of nitrogens with two attached hydrogens (primary N) is 1. The van der Waals surface area contributed by atoms with Gasteiger partial charge in [-0.1, -0.05) is 48.5 Å². The van der Waals surface area contributed by atoms with Crippen molar-refractivity contribution in [3.8, 4) is 5.69 Å². The molecular formula is C21H24N6O. The van der Waals surface area contributed by atoms with E-state index in [1.165, 1.54) is 10.4 Å². The molecule has 0 unspecified atom stereocenters. The van der Waals surface area contributed by atoms with Crippen LogP contribution in [-0.4, -0.2) is 45.6 Å². The van der Waals surface area contributed by atoms with Crippen LogP contribution in [0, 0.1) is 0 Å². The maximum atomic E-state index is 12.7. The Hall–Kier alpha value is -3.19. The van der Waals surface area contributed by atoms with Gasteiger partial charge in [-0.3, -0.25) is 5.32 Å². The first-order chi connectivity index (χ1) is 13.7. The zero-order chi connectivity index (χ0) is 19.4. The summed E-state index contributed by atoms with van der Waals surface area (Å²) < 4.78 is 0. The molecule has 7 heteroatoms. The van der Waals surface area contributed by atoms with Gasteiger partial charge in [0.2, 0.25) is 0 Å². The maximum absolute atomic E-state index is 12.7. The van der Waals surface area contributed by atoms with Crippen molar-refractivity contribution in [3.63, 3.8) is 0 Å². The van der Waals surface area contributed by atoms with Crippen LogP contribution in [0.2, 0.25) is 0 Å². The van der Waals surface area contributed by atoms with E-state index in [0.717, 1.165) is 18.5 Å². The number of rotatable bonds is 4. The van der Waals surface area contributed by atoms with E-state index in [1.54, 1.807) is 6.20 Å². The Morgan fingerprint density at radius 3 is 2.32 bits per heavy atom. The second-order valence-electron chi connectivity index (χ2n) is 7.12. The first-order valence-corrected chi connectivity index (χ1v) is 9.49. The first kappa shape index (κ1) is 18.2. The maximum Gasteiger partial charge on any atom is 0.323 e. The lowest BCUT2D eigenvalue weighted by Gasteiger charge is -2.41. The fourth-order valence-electron chi connectivity index (χ4n) is 3.73. The van der Waals surface area contributed by atoms with Crippen LogP contribution in [0.1, 0.15) is 18.4 Å². The average Bonchev–Trinajstić information content (AvgIpc) is 3.23. The zero-order valence-electron chi connectivity index (χ0n) is 15.7. The Morgan fingerprint density at radius 1 is 1.04 bits per heavy atom. The van der Waals surface area contributed by atoms with Gasteiger partial charge in [-0.25, -0.2) is 4.79 Å². The third-order valence-corrected chi connectivity index (χ3v) is 5.50. The number of amides is 2. The number of hydrogen-bond donors (Lipinski definition) is 2. The van der Waals surface area contributed by atoms with E-state index in [0.29, 0.717) is 25.5 Å². The van der Waals surface area contributed by atoms with Crippen molar-refractivity contribution < 1.29 is 4.79 Å². The van der Waals surface area contributed by atoms with E-state index in [1.807, 2.05) is 53.4 Å². The van der Waals surface area contributed by atoms with Crippen LogP contribution in [0.25, 0.3) is 5.69 Å². The molecule has 1 aromatic heterocycles. The number of hydrogen-bond acceptors (Lipinski definition) is 4. The smallest absolute Gasteiger partial charge is 0.323 e. The van der Waals surface area contributed by atoms with Gasteiger partial charge in [0, 0.05) is 25.0 Å². The fourth-order valence-corrected chi connectivity index (χ4v) is 3.73. The van der Waals surface area contributed by atoms with E-state index in [2.05, 4.69) is 27.6 Å². The normalized spacial score (nSPS) is 16.0. The topological polar surface area (TPSA) is 89.1 Å². The summed E-state index contributed by atoms with van der Waals surface area (Å²) in [6, 6.07) is 19.8. The number of anilines is 1. The summed E-state index contributed by atoms with van der Waals surface area (Å²) in [6.45, 7) is 1.90. The Bertz CT molecular complexity index is 916. The molecule has 0 saturated carbocycles. The van der Waals surface area contributed by atoms with Crippen LogP contribution in [0.4, 0.5) is 10.6 Å². The predicted octanol–water partition coefficient (Wildman–Crippen LogP) is 2.79. The highest BCUT2D eigenvalue weighted by molar-refractivity contribution is 5.88. The Morgan fingerprint density at radius 2 is 1.68 bits per heavy atom.